The van der Waals surface area contributed by atoms with Crippen molar-refractivity contribution in [2.24, 2.45) is 0 Å². The van der Waals surface area contributed by atoms with Crippen LogP contribution in [0.3, 0.4) is 0 Å². The first-order chi connectivity index (χ1) is 6.92. The molecule has 0 unspecified atom stereocenters. The molecule has 0 aromatic carbocycles. The molecule has 1 N–H and O–H groups in total. The predicted octanol–water partition coefficient (Wildman–Crippen LogP) is 2.09. The molecule has 0 spiro atoms. The van der Waals surface area contributed by atoms with Gasteiger partial charge in [0.1, 0.15) is 17.4 Å². The molecule has 2 rings (SSSR count). The molecule has 14 heavy (non-hydrogen) atoms. The fourth-order valence-corrected chi connectivity index (χ4v) is 1.54. The van der Waals surface area contributed by atoms with Crippen molar-refractivity contribution in [3.63, 3.8) is 0 Å². The Hall–Kier alpha value is -1.45. The zero-order valence-electron chi connectivity index (χ0n) is 8.32. The summed E-state index contributed by atoms with van der Waals surface area (Å²) in [6, 6.07) is 0. The predicted molar refractivity (Wildman–Crippen MR) is 54.9 cm³/mol. The van der Waals surface area contributed by atoms with Crippen molar-refractivity contribution < 1.29 is 0 Å². The molecule has 0 atom stereocenters. The molecule has 2 aromatic rings. The SMILES string of the molecule is CCCCCc1n[nH]c2cncnc12. The summed E-state index contributed by atoms with van der Waals surface area (Å²) in [7, 11) is 0. The normalized spacial score (nSPS) is 10.9. The van der Waals surface area contributed by atoms with E-state index in [1.54, 1.807) is 12.5 Å². The van der Waals surface area contributed by atoms with Crippen molar-refractivity contribution in [3.05, 3.63) is 18.2 Å². The third-order valence-corrected chi connectivity index (χ3v) is 2.31. The van der Waals surface area contributed by atoms with Gasteiger partial charge in [0.15, 0.2) is 0 Å². The lowest BCUT2D eigenvalue weighted by atomic mass is 10.1. The number of aromatic nitrogens is 4. The van der Waals surface area contributed by atoms with E-state index in [0.29, 0.717) is 0 Å². The molecule has 0 aliphatic heterocycles. The van der Waals surface area contributed by atoms with Gasteiger partial charge in [-0.25, -0.2) is 9.97 Å². The second-order valence-corrected chi connectivity index (χ2v) is 3.41. The van der Waals surface area contributed by atoms with E-state index >= 15 is 0 Å². The minimum absolute atomic E-state index is 0.930. The first-order valence-electron chi connectivity index (χ1n) is 5.04. The smallest absolute Gasteiger partial charge is 0.116 e. The number of H-pyrrole nitrogens is 1. The monoisotopic (exact) mass is 190 g/mol. The van der Waals surface area contributed by atoms with Crippen LogP contribution >= 0.6 is 0 Å². The van der Waals surface area contributed by atoms with Crippen LogP contribution in [0.5, 0.6) is 0 Å². The molecule has 0 saturated heterocycles. The standard InChI is InChI=1S/C10H14N4/c1-2-3-4-5-8-10-9(14-13-8)6-11-7-12-10/h6-7H,2-5H2,1H3,(H,13,14). The fraction of sp³-hybridized carbons (Fsp3) is 0.500. The van der Waals surface area contributed by atoms with E-state index in [-0.39, 0.29) is 0 Å². The topological polar surface area (TPSA) is 54.5 Å². The average Bonchev–Trinajstić information content (AvgIpc) is 2.63. The van der Waals surface area contributed by atoms with E-state index in [1.165, 1.54) is 19.3 Å². The van der Waals surface area contributed by atoms with Gasteiger partial charge in [-0.2, -0.15) is 5.10 Å². The van der Waals surface area contributed by atoms with Crippen LogP contribution in [-0.4, -0.2) is 20.2 Å². The average molecular weight is 190 g/mol. The van der Waals surface area contributed by atoms with E-state index in [1.807, 2.05) is 0 Å². The molecule has 0 saturated carbocycles. The van der Waals surface area contributed by atoms with Crippen LogP contribution in [0.2, 0.25) is 0 Å². The van der Waals surface area contributed by atoms with Crippen LogP contribution in [0.1, 0.15) is 31.9 Å². The van der Waals surface area contributed by atoms with Crippen molar-refractivity contribution in [1.82, 2.24) is 20.2 Å². The van der Waals surface area contributed by atoms with Crippen LogP contribution < -0.4 is 0 Å². The van der Waals surface area contributed by atoms with E-state index < -0.39 is 0 Å². The lowest BCUT2D eigenvalue weighted by Gasteiger charge is -1.95. The van der Waals surface area contributed by atoms with Gasteiger partial charge in [-0.3, -0.25) is 5.10 Å². The number of aryl methyl sites for hydroxylation is 1. The molecule has 0 bridgehead atoms. The number of rotatable bonds is 4. The molecule has 0 aliphatic rings. The Bertz CT molecular complexity index is 407. The molecule has 0 fully saturated rings. The van der Waals surface area contributed by atoms with Crippen LogP contribution in [0.15, 0.2) is 12.5 Å². The molecule has 2 aromatic heterocycles. The molecule has 0 aliphatic carbocycles. The maximum Gasteiger partial charge on any atom is 0.116 e. The maximum absolute atomic E-state index is 4.24. The summed E-state index contributed by atoms with van der Waals surface area (Å²) in [6.07, 6.45) is 8.00. The second-order valence-electron chi connectivity index (χ2n) is 3.41. The highest BCUT2D eigenvalue weighted by atomic mass is 15.1. The van der Waals surface area contributed by atoms with Gasteiger partial charge in [0, 0.05) is 0 Å². The highest BCUT2D eigenvalue weighted by Crippen LogP contribution is 2.13. The van der Waals surface area contributed by atoms with Gasteiger partial charge in [-0.15, -0.1) is 0 Å². The molecule has 74 valence electrons. The first-order valence-corrected chi connectivity index (χ1v) is 5.04. The Kier molecular flexibility index (Phi) is 2.72. The highest BCUT2D eigenvalue weighted by molar-refractivity contribution is 5.75. The quantitative estimate of drug-likeness (QED) is 0.751. The summed E-state index contributed by atoms with van der Waals surface area (Å²) in [5.74, 6) is 0. The number of hydrogen-bond acceptors (Lipinski definition) is 3. The molecule has 0 radical (unpaired) electrons. The Morgan fingerprint density at radius 3 is 3.14 bits per heavy atom. The van der Waals surface area contributed by atoms with Gasteiger partial charge in [0.25, 0.3) is 0 Å². The molecule has 2 heterocycles. The summed E-state index contributed by atoms with van der Waals surface area (Å²) < 4.78 is 0. The van der Waals surface area contributed by atoms with Crippen molar-refractivity contribution in [2.75, 3.05) is 0 Å². The van der Waals surface area contributed by atoms with Crippen LogP contribution in [0.4, 0.5) is 0 Å². The van der Waals surface area contributed by atoms with Crippen molar-refractivity contribution in [1.29, 1.82) is 0 Å². The highest BCUT2D eigenvalue weighted by Gasteiger charge is 2.05. The third-order valence-electron chi connectivity index (χ3n) is 2.31. The first kappa shape index (κ1) is 9.12. The van der Waals surface area contributed by atoms with Crippen LogP contribution in [0.25, 0.3) is 11.0 Å². The summed E-state index contributed by atoms with van der Waals surface area (Å²) in [5, 5.41) is 7.18. The number of aromatic amines is 1. The summed E-state index contributed by atoms with van der Waals surface area (Å²) in [6.45, 7) is 2.20. The Morgan fingerprint density at radius 1 is 1.36 bits per heavy atom. The summed E-state index contributed by atoms with van der Waals surface area (Å²) >= 11 is 0. The van der Waals surface area contributed by atoms with Gasteiger partial charge < -0.3 is 0 Å². The zero-order chi connectivity index (χ0) is 9.80. The largest absolute Gasteiger partial charge is 0.274 e. The van der Waals surface area contributed by atoms with Gasteiger partial charge in [0.2, 0.25) is 0 Å². The lowest BCUT2D eigenvalue weighted by molar-refractivity contribution is 0.707. The second kappa shape index (κ2) is 4.17. The van der Waals surface area contributed by atoms with Crippen molar-refractivity contribution in [2.45, 2.75) is 32.6 Å². The van der Waals surface area contributed by atoms with Gasteiger partial charge in [-0.05, 0) is 12.8 Å². The lowest BCUT2D eigenvalue weighted by Crippen LogP contribution is -1.88. The van der Waals surface area contributed by atoms with E-state index in [4.69, 9.17) is 0 Å². The van der Waals surface area contributed by atoms with Gasteiger partial charge >= 0.3 is 0 Å². The molecule has 4 heteroatoms. The number of hydrogen-bond donors (Lipinski definition) is 1. The molecule has 4 nitrogen and oxygen atoms in total. The Labute approximate surface area is 82.8 Å². The van der Waals surface area contributed by atoms with E-state index in [9.17, 15) is 0 Å². The zero-order valence-corrected chi connectivity index (χ0v) is 8.32. The molecular weight excluding hydrogens is 176 g/mol. The summed E-state index contributed by atoms with van der Waals surface area (Å²) in [4.78, 5) is 8.16. The molecule has 0 amide bonds. The van der Waals surface area contributed by atoms with Gasteiger partial charge in [-0.1, -0.05) is 19.8 Å². The van der Waals surface area contributed by atoms with Crippen molar-refractivity contribution >= 4 is 11.0 Å². The molecular formula is C10H14N4. The van der Waals surface area contributed by atoms with Crippen LogP contribution in [0, 0.1) is 0 Å². The Morgan fingerprint density at radius 2 is 2.29 bits per heavy atom. The fourth-order valence-electron chi connectivity index (χ4n) is 1.54. The van der Waals surface area contributed by atoms with Crippen LogP contribution in [-0.2, 0) is 6.42 Å². The van der Waals surface area contributed by atoms with E-state index in [0.717, 1.165) is 23.1 Å². The minimum Gasteiger partial charge on any atom is -0.274 e. The number of nitrogens with zero attached hydrogens (tertiary/aromatic N) is 3. The van der Waals surface area contributed by atoms with Gasteiger partial charge in [0.05, 0.1) is 11.9 Å². The number of nitrogens with one attached hydrogen (secondary N) is 1. The van der Waals surface area contributed by atoms with Crippen molar-refractivity contribution in [3.8, 4) is 0 Å². The minimum atomic E-state index is 0.930. The Balaban J connectivity index is 2.17. The summed E-state index contributed by atoms with van der Waals surface area (Å²) in [5.41, 5.74) is 2.96. The number of unbranched alkanes of at least 4 members (excludes halogenated alkanes) is 2. The third kappa shape index (κ3) is 1.73. The maximum atomic E-state index is 4.24. The van der Waals surface area contributed by atoms with E-state index in [2.05, 4.69) is 27.1 Å². The number of fused-ring (bicyclic) bond motifs is 1.